The van der Waals surface area contributed by atoms with Crippen LogP contribution in [0.25, 0.3) is 0 Å². The third-order valence-electron chi connectivity index (χ3n) is 3.89. The molecule has 1 aromatic heterocycles. The molecule has 0 aliphatic carbocycles. The molecule has 0 bridgehead atoms. The average Bonchev–Trinajstić information content (AvgIpc) is 2.62. The molecule has 1 saturated heterocycles. The molecule has 1 fully saturated rings. The number of oxime groups is 1. The number of carbonyl (C=O) groups is 1. The van der Waals surface area contributed by atoms with Crippen molar-refractivity contribution < 1.29 is 14.4 Å². The van der Waals surface area contributed by atoms with E-state index in [1.807, 2.05) is 32.6 Å². The Balaban J connectivity index is 2.22. The van der Waals surface area contributed by atoms with Gasteiger partial charge in [0.1, 0.15) is 11.5 Å². The van der Waals surface area contributed by atoms with Gasteiger partial charge < -0.3 is 14.5 Å². The SMILES string of the molecule is Cc1oc(C)c(C(=O)N2CCC(=NO)C(C)C2)c1C. The molecule has 0 spiro atoms. The van der Waals surface area contributed by atoms with Crippen LogP contribution < -0.4 is 0 Å². The van der Waals surface area contributed by atoms with Crippen molar-refractivity contribution in [3.63, 3.8) is 0 Å². The van der Waals surface area contributed by atoms with E-state index in [0.717, 1.165) is 17.0 Å². The lowest BCUT2D eigenvalue weighted by atomic mass is 9.96. The predicted molar refractivity (Wildman–Crippen MR) is 71.8 cm³/mol. The molecule has 5 nitrogen and oxygen atoms in total. The molecule has 1 N–H and O–H groups in total. The van der Waals surface area contributed by atoms with E-state index < -0.39 is 0 Å². The first-order chi connectivity index (χ1) is 8.95. The van der Waals surface area contributed by atoms with Gasteiger partial charge in [0.25, 0.3) is 5.91 Å². The average molecular weight is 264 g/mol. The van der Waals surface area contributed by atoms with E-state index in [-0.39, 0.29) is 11.8 Å². The van der Waals surface area contributed by atoms with E-state index in [4.69, 9.17) is 9.62 Å². The summed E-state index contributed by atoms with van der Waals surface area (Å²) in [5.74, 6) is 1.57. The molecule has 1 aromatic rings. The zero-order valence-corrected chi connectivity index (χ0v) is 11.9. The molecule has 1 unspecified atom stereocenters. The number of hydrogen-bond acceptors (Lipinski definition) is 4. The van der Waals surface area contributed by atoms with Crippen LogP contribution in [0.2, 0.25) is 0 Å². The van der Waals surface area contributed by atoms with Gasteiger partial charge in [0, 0.05) is 31.0 Å². The fourth-order valence-electron chi connectivity index (χ4n) is 2.62. The Morgan fingerprint density at radius 2 is 2.05 bits per heavy atom. The van der Waals surface area contributed by atoms with Gasteiger partial charge in [-0.3, -0.25) is 4.79 Å². The van der Waals surface area contributed by atoms with Gasteiger partial charge in [-0.15, -0.1) is 0 Å². The molecule has 2 rings (SSSR count). The minimum atomic E-state index is 0.00990. The monoisotopic (exact) mass is 264 g/mol. The second kappa shape index (κ2) is 5.07. The van der Waals surface area contributed by atoms with Crippen LogP contribution in [-0.2, 0) is 0 Å². The van der Waals surface area contributed by atoms with Crippen molar-refractivity contribution in [1.29, 1.82) is 0 Å². The van der Waals surface area contributed by atoms with Gasteiger partial charge in [0.2, 0.25) is 0 Å². The molecule has 1 aliphatic rings. The second-order valence-electron chi connectivity index (χ2n) is 5.21. The normalized spacial score (nSPS) is 22.0. The predicted octanol–water partition coefficient (Wildman–Crippen LogP) is 2.52. The Hall–Kier alpha value is -1.78. The highest BCUT2D eigenvalue weighted by Gasteiger charge is 2.29. The van der Waals surface area contributed by atoms with Gasteiger partial charge in [0.15, 0.2) is 0 Å². The number of furan rings is 1. The quantitative estimate of drug-likeness (QED) is 0.626. The molecule has 19 heavy (non-hydrogen) atoms. The number of nitrogens with zero attached hydrogens (tertiary/aromatic N) is 2. The first kappa shape index (κ1) is 13.6. The molecular weight excluding hydrogens is 244 g/mol. The topological polar surface area (TPSA) is 66.0 Å². The molecule has 0 saturated carbocycles. The zero-order chi connectivity index (χ0) is 14.2. The summed E-state index contributed by atoms with van der Waals surface area (Å²) in [6.45, 7) is 8.74. The number of rotatable bonds is 1. The van der Waals surface area contributed by atoms with Crippen molar-refractivity contribution in [2.75, 3.05) is 13.1 Å². The number of likely N-dealkylation sites (tertiary alicyclic amines) is 1. The Labute approximate surface area is 112 Å². The van der Waals surface area contributed by atoms with Crippen LogP contribution in [0.3, 0.4) is 0 Å². The molecule has 5 heteroatoms. The molecule has 104 valence electrons. The summed E-state index contributed by atoms with van der Waals surface area (Å²) < 4.78 is 5.52. The molecular formula is C14H20N2O3. The highest BCUT2D eigenvalue weighted by atomic mass is 16.4. The molecule has 1 aliphatic heterocycles. The number of carbonyl (C=O) groups excluding carboxylic acids is 1. The van der Waals surface area contributed by atoms with Crippen molar-refractivity contribution >= 4 is 11.6 Å². The lowest BCUT2D eigenvalue weighted by Crippen LogP contribution is -2.43. The van der Waals surface area contributed by atoms with Crippen LogP contribution >= 0.6 is 0 Å². The van der Waals surface area contributed by atoms with Crippen molar-refractivity contribution in [3.05, 3.63) is 22.6 Å². The highest BCUT2D eigenvalue weighted by Crippen LogP contribution is 2.24. The summed E-state index contributed by atoms with van der Waals surface area (Å²) in [5.41, 5.74) is 2.35. The number of piperidine rings is 1. The summed E-state index contributed by atoms with van der Waals surface area (Å²) in [7, 11) is 0. The van der Waals surface area contributed by atoms with Crippen LogP contribution in [0.5, 0.6) is 0 Å². The van der Waals surface area contributed by atoms with Gasteiger partial charge in [-0.05, 0) is 20.8 Å². The largest absolute Gasteiger partial charge is 0.466 e. The summed E-state index contributed by atoms with van der Waals surface area (Å²) in [4.78, 5) is 14.4. The molecule has 1 atom stereocenters. The number of hydrogen-bond donors (Lipinski definition) is 1. The third kappa shape index (κ3) is 2.37. The Kier molecular flexibility index (Phi) is 3.64. The lowest BCUT2D eigenvalue weighted by Gasteiger charge is -2.31. The van der Waals surface area contributed by atoms with Crippen molar-refractivity contribution in [1.82, 2.24) is 4.90 Å². The maximum Gasteiger partial charge on any atom is 0.257 e. The van der Waals surface area contributed by atoms with Crippen LogP contribution in [0.15, 0.2) is 9.57 Å². The van der Waals surface area contributed by atoms with Crippen LogP contribution in [0.1, 0.15) is 40.8 Å². The van der Waals surface area contributed by atoms with Crippen LogP contribution in [-0.4, -0.2) is 34.8 Å². The Morgan fingerprint density at radius 3 is 2.53 bits per heavy atom. The molecule has 0 aromatic carbocycles. The summed E-state index contributed by atoms with van der Waals surface area (Å²) in [6, 6.07) is 0. The number of aryl methyl sites for hydroxylation is 2. The minimum Gasteiger partial charge on any atom is -0.466 e. The zero-order valence-electron chi connectivity index (χ0n) is 11.9. The van der Waals surface area contributed by atoms with Gasteiger partial charge >= 0.3 is 0 Å². The van der Waals surface area contributed by atoms with E-state index in [1.165, 1.54) is 0 Å². The fraction of sp³-hybridized carbons (Fsp3) is 0.571. The summed E-state index contributed by atoms with van der Waals surface area (Å²) >= 11 is 0. The van der Waals surface area contributed by atoms with E-state index >= 15 is 0 Å². The van der Waals surface area contributed by atoms with E-state index in [0.29, 0.717) is 30.8 Å². The second-order valence-corrected chi connectivity index (χ2v) is 5.21. The van der Waals surface area contributed by atoms with E-state index in [9.17, 15) is 4.79 Å². The smallest absolute Gasteiger partial charge is 0.257 e. The van der Waals surface area contributed by atoms with E-state index in [2.05, 4.69) is 5.16 Å². The fourth-order valence-corrected chi connectivity index (χ4v) is 2.62. The third-order valence-corrected chi connectivity index (χ3v) is 3.89. The first-order valence-electron chi connectivity index (χ1n) is 6.52. The highest BCUT2D eigenvalue weighted by molar-refractivity contribution is 5.98. The minimum absolute atomic E-state index is 0.00990. The van der Waals surface area contributed by atoms with Crippen molar-refractivity contribution in [3.8, 4) is 0 Å². The first-order valence-corrected chi connectivity index (χ1v) is 6.52. The van der Waals surface area contributed by atoms with Gasteiger partial charge in [0.05, 0.1) is 11.3 Å². The maximum absolute atomic E-state index is 12.6. The van der Waals surface area contributed by atoms with Crippen molar-refractivity contribution in [2.24, 2.45) is 11.1 Å². The summed E-state index contributed by atoms with van der Waals surface area (Å²) in [6.07, 6.45) is 0.623. The molecule has 1 amide bonds. The van der Waals surface area contributed by atoms with Crippen molar-refractivity contribution in [2.45, 2.75) is 34.1 Å². The molecule has 2 heterocycles. The Morgan fingerprint density at radius 1 is 1.37 bits per heavy atom. The van der Waals surface area contributed by atoms with Gasteiger partial charge in [-0.25, -0.2) is 0 Å². The lowest BCUT2D eigenvalue weighted by molar-refractivity contribution is 0.0731. The van der Waals surface area contributed by atoms with E-state index in [1.54, 1.807) is 0 Å². The maximum atomic E-state index is 12.6. The molecule has 0 radical (unpaired) electrons. The Bertz CT molecular complexity index is 531. The van der Waals surface area contributed by atoms with Crippen LogP contribution in [0, 0.1) is 26.7 Å². The van der Waals surface area contributed by atoms with Gasteiger partial charge in [-0.1, -0.05) is 12.1 Å². The number of amides is 1. The van der Waals surface area contributed by atoms with Gasteiger partial charge in [-0.2, -0.15) is 0 Å². The summed E-state index contributed by atoms with van der Waals surface area (Å²) in [5, 5.41) is 12.2. The standard InChI is InChI=1S/C14H20N2O3/c1-8-7-16(6-5-12(8)15-18)14(17)13-9(2)10(3)19-11(13)4/h8,18H,5-7H2,1-4H3. The van der Waals surface area contributed by atoms with Crippen LogP contribution in [0.4, 0.5) is 0 Å².